The lowest BCUT2D eigenvalue weighted by atomic mass is 9.97. The van der Waals surface area contributed by atoms with Crippen molar-refractivity contribution >= 4 is 22.6 Å². The van der Waals surface area contributed by atoms with Crippen LogP contribution in [0.2, 0.25) is 0 Å². The first-order valence-corrected chi connectivity index (χ1v) is 4.74. The van der Waals surface area contributed by atoms with Gasteiger partial charge in [0, 0.05) is 5.41 Å². The molecule has 0 radical (unpaired) electrons. The second kappa shape index (κ2) is 3.24. The predicted molar refractivity (Wildman–Crippen MR) is 54.5 cm³/mol. The number of hydrogen-bond acceptors (Lipinski definition) is 3. The lowest BCUT2D eigenvalue weighted by Gasteiger charge is -2.11. The van der Waals surface area contributed by atoms with Gasteiger partial charge in [-0.2, -0.15) is 0 Å². The Bertz CT molecular complexity index is 275. The van der Waals surface area contributed by atoms with Gasteiger partial charge in [-0.3, -0.25) is 0 Å². The molecule has 1 rings (SSSR count). The first-order chi connectivity index (χ1) is 5.45. The highest BCUT2D eigenvalue weighted by Gasteiger charge is 2.23. The summed E-state index contributed by atoms with van der Waals surface area (Å²) in [5.74, 6) is 1.21. The molecule has 0 saturated carbocycles. The number of rotatable bonds is 1. The smallest absolute Gasteiger partial charge is 0.319 e. The molecule has 0 unspecified atom stereocenters. The Hall–Kier alpha value is -0.260. The van der Waals surface area contributed by atoms with E-state index in [0.717, 1.165) is 3.70 Å². The standard InChI is InChI=1S/C8H12INO2/c1-8(2,3)7-10-5(9)6(11-4)12-7/h1-4H3. The van der Waals surface area contributed by atoms with Crippen molar-refractivity contribution in [1.82, 2.24) is 4.98 Å². The molecule has 12 heavy (non-hydrogen) atoms. The van der Waals surface area contributed by atoms with E-state index >= 15 is 0 Å². The van der Waals surface area contributed by atoms with E-state index in [2.05, 4.69) is 27.6 Å². The Balaban J connectivity index is 3.05. The van der Waals surface area contributed by atoms with Crippen LogP contribution in [0.5, 0.6) is 5.95 Å². The van der Waals surface area contributed by atoms with Gasteiger partial charge in [0.15, 0.2) is 3.70 Å². The monoisotopic (exact) mass is 281 g/mol. The zero-order valence-electron chi connectivity index (χ0n) is 7.64. The molecule has 68 valence electrons. The van der Waals surface area contributed by atoms with Crippen LogP contribution in [0.3, 0.4) is 0 Å². The number of hydrogen-bond donors (Lipinski definition) is 0. The number of halogens is 1. The number of nitrogens with zero attached hydrogens (tertiary/aromatic N) is 1. The fourth-order valence-corrected chi connectivity index (χ4v) is 1.28. The van der Waals surface area contributed by atoms with Gasteiger partial charge in [0.05, 0.1) is 7.11 Å². The number of aromatic nitrogens is 1. The summed E-state index contributed by atoms with van der Waals surface area (Å²) in [6, 6.07) is 0. The lowest BCUT2D eigenvalue weighted by Crippen LogP contribution is -2.11. The Morgan fingerprint density at radius 2 is 2.00 bits per heavy atom. The molecule has 0 aliphatic rings. The Morgan fingerprint density at radius 1 is 1.42 bits per heavy atom. The zero-order valence-corrected chi connectivity index (χ0v) is 9.80. The van der Waals surface area contributed by atoms with E-state index in [4.69, 9.17) is 9.15 Å². The fourth-order valence-electron chi connectivity index (χ4n) is 0.734. The van der Waals surface area contributed by atoms with Gasteiger partial charge >= 0.3 is 5.95 Å². The summed E-state index contributed by atoms with van der Waals surface area (Å²) >= 11 is 2.09. The maximum Gasteiger partial charge on any atom is 0.319 e. The molecule has 1 heterocycles. The molecule has 0 aliphatic carbocycles. The molecule has 0 fully saturated rings. The largest absolute Gasteiger partial charge is 0.467 e. The molecule has 3 nitrogen and oxygen atoms in total. The van der Waals surface area contributed by atoms with Crippen LogP contribution in [0.4, 0.5) is 0 Å². The van der Waals surface area contributed by atoms with Crippen LogP contribution in [0.1, 0.15) is 26.7 Å². The molecule has 4 heteroatoms. The molecule has 1 aromatic rings. The van der Waals surface area contributed by atoms with Gasteiger partial charge < -0.3 is 9.15 Å². The van der Waals surface area contributed by atoms with E-state index in [1.807, 2.05) is 20.8 Å². The van der Waals surface area contributed by atoms with Gasteiger partial charge in [-0.05, 0) is 22.6 Å². The Labute approximate surface area is 85.6 Å². The molecule has 0 aliphatic heterocycles. The average molecular weight is 281 g/mol. The maximum atomic E-state index is 5.39. The van der Waals surface area contributed by atoms with Gasteiger partial charge in [-0.25, -0.2) is 4.98 Å². The van der Waals surface area contributed by atoms with Crippen molar-refractivity contribution in [2.75, 3.05) is 7.11 Å². The van der Waals surface area contributed by atoms with Crippen molar-refractivity contribution in [2.45, 2.75) is 26.2 Å². The highest BCUT2D eigenvalue weighted by Crippen LogP contribution is 2.28. The summed E-state index contributed by atoms with van der Waals surface area (Å²) < 4.78 is 11.1. The average Bonchev–Trinajstić information content (AvgIpc) is 2.29. The summed E-state index contributed by atoms with van der Waals surface area (Å²) in [4.78, 5) is 4.25. The van der Waals surface area contributed by atoms with Gasteiger partial charge in [0.2, 0.25) is 5.89 Å². The number of oxazole rings is 1. The molecule has 0 amide bonds. The third-order valence-electron chi connectivity index (χ3n) is 1.38. The van der Waals surface area contributed by atoms with E-state index in [0.29, 0.717) is 11.8 Å². The number of methoxy groups -OCH3 is 1. The molecule has 1 aromatic heterocycles. The van der Waals surface area contributed by atoms with Crippen LogP contribution in [0, 0.1) is 3.70 Å². The fraction of sp³-hybridized carbons (Fsp3) is 0.625. The zero-order chi connectivity index (χ0) is 9.35. The topological polar surface area (TPSA) is 35.3 Å². The van der Waals surface area contributed by atoms with Crippen LogP contribution < -0.4 is 4.74 Å². The predicted octanol–water partition coefficient (Wildman–Crippen LogP) is 2.59. The second-order valence-electron chi connectivity index (χ2n) is 3.55. The normalized spacial score (nSPS) is 11.8. The van der Waals surface area contributed by atoms with Crippen molar-refractivity contribution in [3.8, 4) is 5.95 Å². The van der Waals surface area contributed by atoms with E-state index in [1.165, 1.54) is 0 Å². The molecule has 0 saturated heterocycles. The molecule has 0 bridgehead atoms. The Morgan fingerprint density at radius 3 is 2.25 bits per heavy atom. The third-order valence-corrected chi connectivity index (χ3v) is 2.07. The van der Waals surface area contributed by atoms with E-state index in [1.54, 1.807) is 7.11 Å². The minimum atomic E-state index is -0.0588. The first-order valence-electron chi connectivity index (χ1n) is 3.66. The highest BCUT2D eigenvalue weighted by atomic mass is 127. The van der Waals surface area contributed by atoms with Crippen molar-refractivity contribution in [1.29, 1.82) is 0 Å². The first kappa shape index (κ1) is 9.83. The molecule has 0 spiro atoms. The number of ether oxygens (including phenoxy) is 1. The second-order valence-corrected chi connectivity index (χ2v) is 4.57. The minimum Gasteiger partial charge on any atom is -0.467 e. The van der Waals surface area contributed by atoms with Crippen LogP contribution in [-0.4, -0.2) is 12.1 Å². The van der Waals surface area contributed by atoms with Crippen molar-refractivity contribution in [3.63, 3.8) is 0 Å². The molecule has 0 N–H and O–H groups in total. The van der Waals surface area contributed by atoms with E-state index in [-0.39, 0.29) is 5.41 Å². The van der Waals surface area contributed by atoms with Crippen molar-refractivity contribution in [3.05, 3.63) is 9.59 Å². The van der Waals surface area contributed by atoms with Gasteiger partial charge in [0.25, 0.3) is 0 Å². The lowest BCUT2D eigenvalue weighted by molar-refractivity contribution is 0.272. The Kier molecular flexibility index (Phi) is 2.65. The summed E-state index contributed by atoms with van der Waals surface area (Å²) in [5, 5.41) is 0. The third kappa shape index (κ3) is 1.91. The van der Waals surface area contributed by atoms with E-state index in [9.17, 15) is 0 Å². The van der Waals surface area contributed by atoms with Gasteiger partial charge in [-0.1, -0.05) is 20.8 Å². The maximum absolute atomic E-state index is 5.39. The van der Waals surface area contributed by atoms with Crippen molar-refractivity contribution < 1.29 is 9.15 Å². The molecule has 0 atom stereocenters. The summed E-state index contributed by atoms with van der Waals surface area (Å²) in [6.45, 7) is 6.15. The van der Waals surface area contributed by atoms with Gasteiger partial charge in [-0.15, -0.1) is 0 Å². The van der Waals surface area contributed by atoms with Gasteiger partial charge in [0.1, 0.15) is 0 Å². The van der Waals surface area contributed by atoms with Crippen LogP contribution in [0.15, 0.2) is 4.42 Å². The summed E-state index contributed by atoms with van der Waals surface area (Å²) in [5.41, 5.74) is -0.0588. The molecule has 0 aromatic carbocycles. The van der Waals surface area contributed by atoms with Crippen LogP contribution >= 0.6 is 22.6 Å². The molecular weight excluding hydrogens is 269 g/mol. The summed E-state index contributed by atoms with van der Waals surface area (Å²) in [6.07, 6.45) is 0. The summed E-state index contributed by atoms with van der Waals surface area (Å²) in [7, 11) is 1.58. The van der Waals surface area contributed by atoms with E-state index < -0.39 is 0 Å². The molecular formula is C8H12INO2. The van der Waals surface area contributed by atoms with Crippen molar-refractivity contribution in [2.24, 2.45) is 0 Å². The SMILES string of the molecule is COc1oc(C(C)(C)C)nc1I. The van der Waals surface area contributed by atoms with Crippen LogP contribution in [0.25, 0.3) is 0 Å². The highest BCUT2D eigenvalue weighted by molar-refractivity contribution is 14.1. The van der Waals surface area contributed by atoms with Crippen LogP contribution in [-0.2, 0) is 5.41 Å². The minimum absolute atomic E-state index is 0.0588. The quantitative estimate of drug-likeness (QED) is 0.742.